The second-order valence-electron chi connectivity index (χ2n) is 5.63. The van der Waals surface area contributed by atoms with Crippen molar-refractivity contribution in [1.82, 2.24) is 5.32 Å². The van der Waals surface area contributed by atoms with Crippen molar-refractivity contribution in [1.29, 1.82) is 0 Å². The first-order valence-corrected chi connectivity index (χ1v) is 7.44. The minimum absolute atomic E-state index is 0.0519. The average Bonchev–Trinajstić information content (AvgIpc) is 2.54. The SMILES string of the molecule is COC(=O)C1CCN(c2cccc3c2CCNC3)CC1. The summed E-state index contributed by atoms with van der Waals surface area (Å²) in [4.78, 5) is 14.0. The Morgan fingerprint density at radius 1 is 1.35 bits per heavy atom. The van der Waals surface area contributed by atoms with Gasteiger partial charge in [0.1, 0.15) is 0 Å². The minimum Gasteiger partial charge on any atom is -0.469 e. The zero-order valence-corrected chi connectivity index (χ0v) is 12.0. The molecule has 1 saturated heterocycles. The molecule has 0 atom stereocenters. The third-order valence-corrected chi connectivity index (χ3v) is 4.49. The van der Waals surface area contributed by atoms with E-state index < -0.39 is 0 Å². The van der Waals surface area contributed by atoms with Crippen molar-refractivity contribution in [3.8, 4) is 0 Å². The summed E-state index contributed by atoms with van der Waals surface area (Å²) in [5.41, 5.74) is 4.28. The zero-order valence-electron chi connectivity index (χ0n) is 12.0. The van der Waals surface area contributed by atoms with Crippen LogP contribution in [0.5, 0.6) is 0 Å². The number of benzene rings is 1. The van der Waals surface area contributed by atoms with Gasteiger partial charge in [0, 0.05) is 25.3 Å². The number of nitrogens with zero attached hydrogens (tertiary/aromatic N) is 1. The number of fused-ring (bicyclic) bond motifs is 1. The van der Waals surface area contributed by atoms with Gasteiger partial charge in [0.25, 0.3) is 0 Å². The van der Waals surface area contributed by atoms with Crippen LogP contribution in [0, 0.1) is 5.92 Å². The van der Waals surface area contributed by atoms with Gasteiger partial charge in [-0.1, -0.05) is 12.1 Å². The van der Waals surface area contributed by atoms with Crippen LogP contribution >= 0.6 is 0 Å². The molecule has 4 heteroatoms. The number of esters is 1. The first-order chi connectivity index (χ1) is 9.79. The molecule has 3 rings (SSSR count). The summed E-state index contributed by atoms with van der Waals surface area (Å²) in [7, 11) is 1.48. The van der Waals surface area contributed by atoms with Gasteiger partial charge in [-0.25, -0.2) is 0 Å². The van der Waals surface area contributed by atoms with Crippen LogP contribution in [0.15, 0.2) is 18.2 Å². The quantitative estimate of drug-likeness (QED) is 0.834. The predicted octanol–water partition coefficient (Wildman–Crippen LogP) is 1.72. The number of nitrogens with one attached hydrogen (secondary N) is 1. The van der Waals surface area contributed by atoms with E-state index in [9.17, 15) is 4.79 Å². The lowest BCUT2D eigenvalue weighted by atomic mass is 9.94. The largest absolute Gasteiger partial charge is 0.469 e. The zero-order chi connectivity index (χ0) is 13.9. The van der Waals surface area contributed by atoms with Gasteiger partial charge in [-0.2, -0.15) is 0 Å². The minimum atomic E-state index is -0.0519. The molecular weight excluding hydrogens is 252 g/mol. The number of rotatable bonds is 2. The van der Waals surface area contributed by atoms with Crippen molar-refractivity contribution in [3.63, 3.8) is 0 Å². The lowest BCUT2D eigenvalue weighted by molar-refractivity contribution is -0.146. The first kappa shape index (κ1) is 13.4. The third-order valence-electron chi connectivity index (χ3n) is 4.49. The Kier molecular flexibility index (Phi) is 3.92. The summed E-state index contributed by atoms with van der Waals surface area (Å²) < 4.78 is 4.86. The van der Waals surface area contributed by atoms with Crippen molar-refractivity contribution in [2.75, 3.05) is 31.6 Å². The van der Waals surface area contributed by atoms with Crippen LogP contribution in [0.4, 0.5) is 5.69 Å². The van der Waals surface area contributed by atoms with E-state index in [4.69, 9.17) is 4.74 Å². The maximum absolute atomic E-state index is 11.6. The summed E-state index contributed by atoms with van der Waals surface area (Å²) in [6.45, 7) is 3.93. The van der Waals surface area contributed by atoms with Crippen LogP contribution in [0.3, 0.4) is 0 Å². The normalized spacial score (nSPS) is 19.6. The Morgan fingerprint density at radius 3 is 2.90 bits per heavy atom. The van der Waals surface area contributed by atoms with Gasteiger partial charge < -0.3 is 15.0 Å². The number of methoxy groups -OCH3 is 1. The van der Waals surface area contributed by atoms with E-state index in [0.29, 0.717) is 0 Å². The van der Waals surface area contributed by atoms with Crippen LogP contribution in [-0.4, -0.2) is 32.7 Å². The molecule has 0 unspecified atom stereocenters. The number of ether oxygens (including phenoxy) is 1. The fourth-order valence-electron chi connectivity index (χ4n) is 3.33. The second kappa shape index (κ2) is 5.83. The summed E-state index contributed by atoms with van der Waals surface area (Å²) in [6, 6.07) is 6.59. The molecule has 108 valence electrons. The highest BCUT2D eigenvalue weighted by atomic mass is 16.5. The summed E-state index contributed by atoms with van der Waals surface area (Å²) in [5.74, 6) is 0.0291. The molecule has 0 saturated carbocycles. The average molecular weight is 274 g/mol. The van der Waals surface area contributed by atoms with Crippen molar-refractivity contribution in [2.45, 2.75) is 25.8 Å². The molecule has 1 aromatic rings. The van der Waals surface area contributed by atoms with Crippen molar-refractivity contribution in [2.24, 2.45) is 5.92 Å². The molecule has 0 bridgehead atoms. The molecule has 20 heavy (non-hydrogen) atoms. The smallest absolute Gasteiger partial charge is 0.308 e. The molecule has 0 amide bonds. The standard InChI is InChI=1S/C16H22N2O2/c1-20-16(19)12-6-9-18(10-7-12)15-4-2-3-13-11-17-8-5-14(13)15/h2-4,12,17H,5-11H2,1H3. The molecule has 0 aliphatic carbocycles. The molecule has 2 heterocycles. The molecule has 2 aliphatic rings. The number of carbonyl (C=O) groups is 1. The number of hydrogen-bond acceptors (Lipinski definition) is 4. The van der Waals surface area contributed by atoms with E-state index in [1.807, 2.05) is 0 Å². The fourth-order valence-corrected chi connectivity index (χ4v) is 3.33. The summed E-state index contributed by atoms with van der Waals surface area (Å²) in [5, 5.41) is 3.42. The topological polar surface area (TPSA) is 41.6 Å². The van der Waals surface area contributed by atoms with E-state index in [2.05, 4.69) is 28.4 Å². The Hall–Kier alpha value is -1.55. The van der Waals surface area contributed by atoms with Gasteiger partial charge in [-0.15, -0.1) is 0 Å². The Bertz CT molecular complexity index is 493. The molecule has 1 fully saturated rings. The Balaban J connectivity index is 1.74. The molecule has 1 aromatic carbocycles. The van der Waals surface area contributed by atoms with Gasteiger partial charge in [0.2, 0.25) is 0 Å². The number of hydrogen-bond donors (Lipinski definition) is 1. The van der Waals surface area contributed by atoms with E-state index in [-0.39, 0.29) is 11.9 Å². The van der Waals surface area contributed by atoms with E-state index in [1.165, 1.54) is 23.9 Å². The molecule has 0 radical (unpaired) electrons. The highest BCUT2D eigenvalue weighted by Crippen LogP contribution is 2.30. The first-order valence-electron chi connectivity index (χ1n) is 7.44. The molecule has 4 nitrogen and oxygen atoms in total. The van der Waals surface area contributed by atoms with Gasteiger partial charge >= 0.3 is 5.97 Å². The van der Waals surface area contributed by atoms with Crippen molar-refractivity contribution < 1.29 is 9.53 Å². The molecule has 1 N–H and O–H groups in total. The monoisotopic (exact) mass is 274 g/mol. The highest BCUT2D eigenvalue weighted by molar-refractivity contribution is 5.72. The molecular formula is C16H22N2O2. The predicted molar refractivity (Wildman–Crippen MR) is 78.8 cm³/mol. The van der Waals surface area contributed by atoms with Crippen LogP contribution in [-0.2, 0) is 22.5 Å². The number of piperidine rings is 1. The van der Waals surface area contributed by atoms with Crippen LogP contribution in [0.1, 0.15) is 24.0 Å². The number of anilines is 1. The molecule has 2 aliphatic heterocycles. The maximum atomic E-state index is 11.6. The second-order valence-corrected chi connectivity index (χ2v) is 5.63. The van der Waals surface area contributed by atoms with Crippen molar-refractivity contribution in [3.05, 3.63) is 29.3 Å². The van der Waals surface area contributed by atoms with Gasteiger partial charge in [0.15, 0.2) is 0 Å². The van der Waals surface area contributed by atoms with Crippen LogP contribution < -0.4 is 10.2 Å². The van der Waals surface area contributed by atoms with Crippen molar-refractivity contribution >= 4 is 11.7 Å². The van der Waals surface area contributed by atoms with Gasteiger partial charge in [-0.05, 0) is 43.0 Å². The van der Waals surface area contributed by atoms with E-state index in [0.717, 1.165) is 45.4 Å². The van der Waals surface area contributed by atoms with Crippen LogP contribution in [0.2, 0.25) is 0 Å². The fraction of sp³-hybridized carbons (Fsp3) is 0.562. The van der Waals surface area contributed by atoms with E-state index >= 15 is 0 Å². The highest BCUT2D eigenvalue weighted by Gasteiger charge is 2.27. The molecule has 0 aromatic heterocycles. The Morgan fingerprint density at radius 2 is 2.15 bits per heavy atom. The van der Waals surface area contributed by atoms with Gasteiger partial charge in [-0.3, -0.25) is 4.79 Å². The molecule has 0 spiro atoms. The Labute approximate surface area is 120 Å². The van der Waals surface area contributed by atoms with E-state index in [1.54, 1.807) is 0 Å². The maximum Gasteiger partial charge on any atom is 0.308 e. The van der Waals surface area contributed by atoms with Gasteiger partial charge in [0.05, 0.1) is 13.0 Å². The third kappa shape index (κ3) is 2.52. The lowest BCUT2D eigenvalue weighted by Gasteiger charge is -2.35. The lowest BCUT2D eigenvalue weighted by Crippen LogP contribution is -2.38. The number of carbonyl (C=O) groups excluding carboxylic acids is 1. The summed E-state index contributed by atoms with van der Waals surface area (Å²) >= 11 is 0. The summed E-state index contributed by atoms with van der Waals surface area (Å²) in [6.07, 6.45) is 2.89. The van der Waals surface area contributed by atoms with Crippen LogP contribution in [0.25, 0.3) is 0 Å².